The van der Waals surface area contributed by atoms with Crippen molar-refractivity contribution in [2.75, 3.05) is 0 Å². The van der Waals surface area contributed by atoms with Crippen LogP contribution >= 0.6 is 11.6 Å². The highest BCUT2D eigenvalue weighted by molar-refractivity contribution is 6.31. The molecule has 1 unspecified atom stereocenters. The average molecular weight is 226 g/mol. The van der Waals surface area contributed by atoms with E-state index in [0.29, 0.717) is 10.8 Å². The third kappa shape index (κ3) is 1.89. The summed E-state index contributed by atoms with van der Waals surface area (Å²) in [7, 11) is 0. The van der Waals surface area contributed by atoms with E-state index in [1.165, 1.54) is 18.4 Å². The molecule has 0 aliphatic heterocycles. The molecule has 0 aliphatic rings. The van der Waals surface area contributed by atoms with Crippen LogP contribution in [0.25, 0.3) is 0 Å². The van der Waals surface area contributed by atoms with Crippen LogP contribution in [-0.2, 0) is 0 Å². The Morgan fingerprint density at radius 1 is 1.27 bits per heavy atom. The third-order valence-corrected chi connectivity index (χ3v) is 2.49. The Bertz CT molecular complexity index is 435. The van der Waals surface area contributed by atoms with Crippen LogP contribution in [0.4, 0.5) is 4.39 Å². The first kappa shape index (κ1) is 10.2. The number of nitrogens with two attached hydrogens (primary N) is 1. The molecule has 2 N–H and O–H groups in total. The largest absolute Gasteiger partial charge is 0.467 e. The van der Waals surface area contributed by atoms with Crippen LogP contribution in [0.3, 0.4) is 0 Å². The predicted octanol–water partition coefficient (Wildman–Crippen LogP) is 3.12. The first-order valence-electron chi connectivity index (χ1n) is 4.43. The highest BCUT2D eigenvalue weighted by atomic mass is 35.5. The fourth-order valence-corrected chi connectivity index (χ4v) is 1.70. The first-order chi connectivity index (χ1) is 7.20. The van der Waals surface area contributed by atoms with E-state index in [1.807, 2.05) is 0 Å². The van der Waals surface area contributed by atoms with Crippen molar-refractivity contribution in [3.05, 3.63) is 58.8 Å². The maximum atomic E-state index is 13.5. The van der Waals surface area contributed by atoms with Gasteiger partial charge in [0.15, 0.2) is 0 Å². The number of hydrogen-bond acceptors (Lipinski definition) is 2. The van der Waals surface area contributed by atoms with E-state index in [1.54, 1.807) is 18.2 Å². The van der Waals surface area contributed by atoms with Crippen LogP contribution in [-0.4, -0.2) is 0 Å². The van der Waals surface area contributed by atoms with Gasteiger partial charge in [0.05, 0.1) is 12.3 Å². The Hall–Kier alpha value is -1.32. The Morgan fingerprint density at radius 3 is 2.67 bits per heavy atom. The smallest absolute Gasteiger partial charge is 0.129 e. The van der Waals surface area contributed by atoms with Gasteiger partial charge >= 0.3 is 0 Å². The number of furan rings is 1. The van der Waals surface area contributed by atoms with Crippen molar-refractivity contribution in [2.24, 2.45) is 5.73 Å². The van der Waals surface area contributed by atoms with Crippen LogP contribution in [0.15, 0.2) is 41.0 Å². The van der Waals surface area contributed by atoms with Gasteiger partial charge in [-0.3, -0.25) is 0 Å². The fourth-order valence-electron chi connectivity index (χ4n) is 1.42. The van der Waals surface area contributed by atoms with Crippen molar-refractivity contribution in [3.8, 4) is 0 Å². The lowest BCUT2D eigenvalue weighted by Gasteiger charge is -2.11. The van der Waals surface area contributed by atoms with E-state index < -0.39 is 11.9 Å². The number of rotatable bonds is 2. The zero-order chi connectivity index (χ0) is 10.8. The summed E-state index contributed by atoms with van der Waals surface area (Å²) < 4.78 is 18.6. The van der Waals surface area contributed by atoms with Crippen molar-refractivity contribution < 1.29 is 8.81 Å². The van der Waals surface area contributed by atoms with Crippen molar-refractivity contribution in [2.45, 2.75) is 6.04 Å². The summed E-state index contributed by atoms with van der Waals surface area (Å²) in [5.74, 6) is 0.0633. The normalized spacial score (nSPS) is 12.7. The van der Waals surface area contributed by atoms with Gasteiger partial charge in [0, 0.05) is 10.6 Å². The van der Waals surface area contributed by atoms with Gasteiger partial charge in [-0.05, 0) is 24.3 Å². The summed E-state index contributed by atoms with van der Waals surface area (Å²) in [5.41, 5.74) is 6.10. The van der Waals surface area contributed by atoms with Gasteiger partial charge in [-0.1, -0.05) is 17.7 Å². The Morgan fingerprint density at radius 2 is 2.07 bits per heavy atom. The highest BCUT2D eigenvalue weighted by Crippen LogP contribution is 2.28. The van der Waals surface area contributed by atoms with Gasteiger partial charge in [-0.2, -0.15) is 0 Å². The van der Waals surface area contributed by atoms with Crippen LogP contribution in [0.5, 0.6) is 0 Å². The molecular formula is C11H9ClFNO. The van der Waals surface area contributed by atoms with Crippen LogP contribution < -0.4 is 5.73 Å². The molecule has 0 fully saturated rings. The van der Waals surface area contributed by atoms with Gasteiger partial charge in [0.1, 0.15) is 11.6 Å². The molecule has 15 heavy (non-hydrogen) atoms. The monoisotopic (exact) mass is 225 g/mol. The Balaban J connectivity index is 2.46. The summed E-state index contributed by atoms with van der Waals surface area (Å²) >= 11 is 5.88. The standard InChI is InChI=1S/C11H9ClFNO/c12-7-3-1-4-8(13)10(7)11(14)9-5-2-6-15-9/h1-6,11H,14H2. The van der Waals surface area contributed by atoms with E-state index in [4.69, 9.17) is 21.8 Å². The van der Waals surface area contributed by atoms with Gasteiger partial charge in [0.2, 0.25) is 0 Å². The van der Waals surface area contributed by atoms with E-state index in [9.17, 15) is 4.39 Å². The molecular weight excluding hydrogens is 217 g/mol. The number of halogens is 2. The first-order valence-corrected chi connectivity index (χ1v) is 4.81. The lowest BCUT2D eigenvalue weighted by atomic mass is 10.0. The number of benzene rings is 1. The molecule has 1 heterocycles. The maximum Gasteiger partial charge on any atom is 0.129 e. The SMILES string of the molecule is NC(c1ccco1)c1c(F)cccc1Cl. The Kier molecular flexibility index (Phi) is 2.75. The van der Waals surface area contributed by atoms with E-state index in [-0.39, 0.29) is 5.56 Å². The summed E-state index contributed by atoms with van der Waals surface area (Å²) in [4.78, 5) is 0. The second-order valence-corrected chi connectivity index (χ2v) is 3.54. The van der Waals surface area contributed by atoms with Gasteiger partial charge in [-0.15, -0.1) is 0 Å². The maximum absolute atomic E-state index is 13.5. The summed E-state index contributed by atoms with van der Waals surface area (Å²) in [6.45, 7) is 0. The molecule has 0 radical (unpaired) electrons. The molecule has 0 saturated carbocycles. The molecule has 0 bridgehead atoms. The zero-order valence-corrected chi connectivity index (χ0v) is 8.54. The fraction of sp³-hybridized carbons (Fsp3) is 0.0909. The molecule has 1 aromatic carbocycles. The van der Waals surface area contributed by atoms with Gasteiger partial charge in [-0.25, -0.2) is 4.39 Å². The highest BCUT2D eigenvalue weighted by Gasteiger charge is 2.18. The molecule has 0 spiro atoms. The second-order valence-electron chi connectivity index (χ2n) is 3.13. The summed E-state index contributed by atoms with van der Waals surface area (Å²) in [6, 6.07) is 7.17. The zero-order valence-electron chi connectivity index (χ0n) is 7.78. The molecule has 4 heteroatoms. The molecule has 78 valence electrons. The van der Waals surface area contributed by atoms with E-state index in [2.05, 4.69) is 0 Å². The summed E-state index contributed by atoms with van der Waals surface area (Å²) in [5, 5.41) is 0.305. The van der Waals surface area contributed by atoms with Crippen molar-refractivity contribution in [1.29, 1.82) is 0 Å². The lowest BCUT2D eigenvalue weighted by molar-refractivity contribution is 0.480. The quantitative estimate of drug-likeness (QED) is 0.853. The van der Waals surface area contributed by atoms with Crippen molar-refractivity contribution in [3.63, 3.8) is 0 Å². The minimum atomic E-state index is -0.673. The minimum Gasteiger partial charge on any atom is -0.467 e. The molecule has 2 rings (SSSR count). The second kappa shape index (κ2) is 4.04. The molecule has 0 aliphatic carbocycles. The topological polar surface area (TPSA) is 39.2 Å². The Labute approximate surface area is 91.5 Å². The molecule has 2 aromatic rings. The molecule has 1 aromatic heterocycles. The van der Waals surface area contributed by atoms with E-state index in [0.717, 1.165) is 0 Å². The van der Waals surface area contributed by atoms with Gasteiger partial charge < -0.3 is 10.2 Å². The average Bonchev–Trinajstić information content (AvgIpc) is 2.69. The predicted molar refractivity (Wildman–Crippen MR) is 56.1 cm³/mol. The molecule has 2 nitrogen and oxygen atoms in total. The van der Waals surface area contributed by atoms with Crippen LogP contribution in [0, 0.1) is 5.82 Å². The molecule has 0 amide bonds. The number of hydrogen-bond donors (Lipinski definition) is 1. The molecule has 0 saturated heterocycles. The lowest BCUT2D eigenvalue weighted by Crippen LogP contribution is -2.13. The molecule has 1 atom stereocenters. The van der Waals surface area contributed by atoms with Crippen LogP contribution in [0.2, 0.25) is 5.02 Å². The third-order valence-electron chi connectivity index (χ3n) is 2.16. The van der Waals surface area contributed by atoms with Crippen molar-refractivity contribution in [1.82, 2.24) is 0 Å². The van der Waals surface area contributed by atoms with E-state index >= 15 is 0 Å². The summed E-state index contributed by atoms with van der Waals surface area (Å²) in [6.07, 6.45) is 1.49. The van der Waals surface area contributed by atoms with Crippen LogP contribution in [0.1, 0.15) is 17.4 Å². The van der Waals surface area contributed by atoms with Crippen molar-refractivity contribution >= 4 is 11.6 Å². The van der Waals surface area contributed by atoms with Gasteiger partial charge in [0.25, 0.3) is 0 Å². The minimum absolute atomic E-state index is 0.258.